The summed E-state index contributed by atoms with van der Waals surface area (Å²) in [5.41, 5.74) is 4.62. The van der Waals surface area contributed by atoms with Crippen LogP contribution >= 0.6 is 0 Å². The van der Waals surface area contributed by atoms with Crippen LogP contribution in [0.15, 0.2) is 12.3 Å². The molecule has 0 atom stereocenters. The van der Waals surface area contributed by atoms with Gasteiger partial charge in [-0.3, -0.25) is 20.2 Å². The molecule has 20 heavy (non-hydrogen) atoms. The Hall–Kier alpha value is -3.04. The van der Waals surface area contributed by atoms with Crippen molar-refractivity contribution in [2.75, 3.05) is 12.3 Å². The Morgan fingerprint density at radius 2 is 2.05 bits per heavy atom. The fraction of sp³-hybridized carbons (Fsp3) is 0.200. The first-order valence-corrected chi connectivity index (χ1v) is 5.46. The number of hydrogen-bond donors (Lipinski definition) is 1. The topological polar surface area (TPSA) is 147 Å². The molecule has 0 aliphatic carbocycles. The molecule has 0 radical (unpaired) electrons. The number of ether oxygens (including phenoxy) is 1. The van der Waals surface area contributed by atoms with Crippen molar-refractivity contribution < 1.29 is 14.6 Å². The van der Waals surface area contributed by atoms with Crippen LogP contribution in [0, 0.1) is 20.2 Å². The third kappa shape index (κ3) is 2.13. The molecule has 104 valence electrons. The molecule has 0 saturated carbocycles. The van der Waals surface area contributed by atoms with E-state index in [2.05, 4.69) is 9.97 Å². The third-order valence-corrected chi connectivity index (χ3v) is 2.48. The number of nitrogen functional groups attached to an aromatic ring is 1. The van der Waals surface area contributed by atoms with Gasteiger partial charge in [-0.15, -0.1) is 0 Å². The van der Waals surface area contributed by atoms with E-state index < -0.39 is 15.5 Å². The highest BCUT2D eigenvalue weighted by atomic mass is 16.6. The minimum Gasteiger partial charge on any atom is -0.473 e. The lowest BCUT2D eigenvalue weighted by Gasteiger charge is -2.07. The van der Waals surface area contributed by atoms with Gasteiger partial charge in [-0.05, 0) is 6.92 Å². The number of hydrogen-bond acceptors (Lipinski definition) is 8. The number of fused-ring (bicyclic) bond motifs is 1. The Morgan fingerprint density at radius 1 is 1.35 bits per heavy atom. The molecule has 10 heteroatoms. The van der Waals surface area contributed by atoms with Crippen molar-refractivity contribution in [3.8, 4) is 5.88 Å². The zero-order chi connectivity index (χ0) is 14.9. The van der Waals surface area contributed by atoms with Crippen LogP contribution in [0.2, 0.25) is 0 Å². The lowest BCUT2D eigenvalue weighted by Crippen LogP contribution is -2.05. The molecule has 0 aliphatic rings. The van der Waals surface area contributed by atoms with Gasteiger partial charge in [-0.1, -0.05) is 0 Å². The van der Waals surface area contributed by atoms with E-state index in [0.29, 0.717) is 0 Å². The van der Waals surface area contributed by atoms with Gasteiger partial charge >= 0.3 is 5.69 Å². The summed E-state index contributed by atoms with van der Waals surface area (Å²) in [7, 11) is 0. The summed E-state index contributed by atoms with van der Waals surface area (Å²) in [6.07, 6.45) is 0.996. The second-order valence-corrected chi connectivity index (χ2v) is 3.69. The largest absolute Gasteiger partial charge is 0.473 e. The van der Waals surface area contributed by atoms with Crippen molar-refractivity contribution in [3.63, 3.8) is 0 Å². The van der Waals surface area contributed by atoms with E-state index in [0.717, 1.165) is 12.3 Å². The number of rotatable bonds is 4. The fourth-order valence-corrected chi connectivity index (χ4v) is 1.64. The molecule has 0 amide bonds. The molecular weight excluding hydrogens is 270 g/mol. The fourth-order valence-electron chi connectivity index (χ4n) is 1.64. The highest BCUT2D eigenvalue weighted by Crippen LogP contribution is 2.37. The Kier molecular flexibility index (Phi) is 3.29. The quantitative estimate of drug-likeness (QED) is 0.652. The number of nitro groups is 2. The molecule has 2 rings (SSSR count). The molecule has 2 aromatic rings. The van der Waals surface area contributed by atoms with Crippen LogP contribution in [0.1, 0.15) is 6.92 Å². The lowest BCUT2D eigenvalue weighted by molar-refractivity contribution is -0.385. The normalized spacial score (nSPS) is 10.4. The van der Waals surface area contributed by atoms with Crippen LogP contribution < -0.4 is 10.5 Å². The molecule has 0 aliphatic heterocycles. The Labute approximate surface area is 111 Å². The zero-order valence-electron chi connectivity index (χ0n) is 10.3. The number of pyridine rings is 2. The van der Waals surface area contributed by atoms with Gasteiger partial charge < -0.3 is 10.5 Å². The maximum absolute atomic E-state index is 11.0. The Morgan fingerprint density at radius 3 is 2.60 bits per heavy atom. The van der Waals surface area contributed by atoms with Crippen molar-refractivity contribution in [1.82, 2.24) is 9.97 Å². The van der Waals surface area contributed by atoms with E-state index in [9.17, 15) is 20.2 Å². The monoisotopic (exact) mass is 279 g/mol. The second-order valence-electron chi connectivity index (χ2n) is 3.69. The first-order chi connectivity index (χ1) is 9.45. The lowest BCUT2D eigenvalue weighted by atomic mass is 10.2. The van der Waals surface area contributed by atoms with Crippen molar-refractivity contribution in [3.05, 3.63) is 32.5 Å². The van der Waals surface area contributed by atoms with Gasteiger partial charge in [0.1, 0.15) is 11.9 Å². The average Bonchev–Trinajstić information content (AvgIpc) is 2.38. The van der Waals surface area contributed by atoms with Crippen molar-refractivity contribution in [1.29, 1.82) is 0 Å². The van der Waals surface area contributed by atoms with Gasteiger partial charge in [0.25, 0.3) is 11.6 Å². The minimum atomic E-state index is -0.744. The highest BCUT2D eigenvalue weighted by molar-refractivity contribution is 5.95. The van der Waals surface area contributed by atoms with Crippen LogP contribution in [0.25, 0.3) is 11.0 Å². The van der Waals surface area contributed by atoms with Gasteiger partial charge in [-0.2, -0.15) is 4.98 Å². The summed E-state index contributed by atoms with van der Waals surface area (Å²) in [5, 5.41) is 21.8. The average molecular weight is 279 g/mol. The molecule has 2 N–H and O–H groups in total. The summed E-state index contributed by atoms with van der Waals surface area (Å²) < 4.78 is 5.06. The Balaban J connectivity index is 2.79. The number of nitrogens with two attached hydrogens (primary N) is 1. The van der Waals surface area contributed by atoms with E-state index >= 15 is 0 Å². The van der Waals surface area contributed by atoms with E-state index in [1.165, 1.54) is 0 Å². The number of anilines is 1. The molecule has 0 bridgehead atoms. The first kappa shape index (κ1) is 13.4. The van der Waals surface area contributed by atoms with Crippen LogP contribution in [0.5, 0.6) is 5.88 Å². The maximum Gasteiger partial charge on any atom is 0.354 e. The van der Waals surface area contributed by atoms with Gasteiger partial charge in [0.05, 0.1) is 21.8 Å². The molecule has 0 fully saturated rings. The van der Waals surface area contributed by atoms with Crippen LogP contribution in [0.4, 0.5) is 17.1 Å². The van der Waals surface area contributed by atoms with Crippen LogP contribution in [-0.4, -0.2) is 26.4 Å². The molecule has 0 saturated heterocycles. The van der Waals surface area contributed by atoms with E-state index in [-0.39, 0.29) is 34.9 Å². The van der Waals surface area contributed by atoms with E-state index in [1.807, 2.05) is 0 Å². The number of nitrogens with zero attached hydrogens (tertiary/aromatic N) is 4. The summed E-state index contributed by atoms with van der Waals surface area (Å²) in [6, 6.07) is 1.09. The molecule has 0 spiro atoms. The minimum absolute atomic E-state index is 0.0364. The molecule has 10 nitrogen and oxygen atoms in total. The van der Waals surface area contributed by atoms with Gasteiger partial charge in [0.15, 0.2) is 5.65 Å². The molecule has 2 heterocycles. The molecular formula is C10H9N5O5. The van der Waals surface area contributed by atoms with Crippen molar-refractivity contribution in [2.24, 2.45) is 0 Å². The molecule has 0 unspecified atom stereocenters. The smallest absolute Gasteiger partial charge is 0.354 e. The highest BCUT2D eigenvalue weighted by Gasteiger charge is 2.26. The molecule has 0 aromatic carbocycles. The summed E-state index contributed by atoms with van der Waals surface area (Å²) in [6.45, 7) is 1.79. The standard InChI is InChI=1S/C10H9N5O5/c1-2-20-10-8(15(18)19)7(11)6-3-5(14(16)17)4-12-9(6)13-10/h3-4H,2H2,1H3,(H2,11,12,13). The SMILES string of the molecule is CCOc1nc2ncc([N+](=O)[O-])cc2c(N)c1[N+](=O)[O-]. The van der Waals surface area contributed by atoms with E-state index in [1.54, 1.807) is 6.92 Å². The number of aromatic nitrogens is 2. The Bertz CT molecular complexity index is 717. The van der Waals surface area contributed by atoms with Gasteiger partial charge in [0.2, 0.25) is 0 Å². The summed E-state index contributed by atoms with van der Waals surface area (Å²) in [4.78, 5) is 27.9. The maximum atomic E-state index is 11.0. The van der Waals surface area contributed by atoms with E-state index in [4.69, 9.17) is 10.5 Å². The van der Waals surface area contributed by atoms with Gasteiger partial charge in [0, 0.05) is 6.07 Å². The summed E-state index contributed by atoms with van der Waals surface area (Å²) in [5.74, 6) is -0.260. The van der Waals surface area contributed by atoms with Crippen molar-refractivity contribution in [2.45, 2.75) is 6.92 Å². The van der Waals surface area contributed by atoms with Crippen LogP contribution in [-0.2, 0) is 0 Å². The second kappa shape index (κ2) is 4.91. The van der Waals surface area contributed by atoms with Crippen LogP contribution in [0.3, 0.4) is 0 Å². The third-order valence-electron chi connectivity index (χ3n) is 2.48. The molecule has 2 aromatic heterocycles. The van der Waals surface area contributed by atoms with Crippen molar-refractivity contribution >= 4 is 28.1 Å². The first-order valence-electron chi connectivity index (χ1n) is 5.46. The predicted octanol–water partition coefficient (Wildman–Crippen LogP) is 1.43. The summed E-state index contributed by atoms with van der Waals surface area (Å²) >= 11 is 0. The predicted molar refractivity (Wildman–Crippen MR) is 68.4 cm³/mol. The zero-order valence-corrected chi connectivity index (χ0v) is 10.3. The van der Waals surface area contributed by atoms with Gasteiger partial charge in [-0.25, -0.2) is 4.98 Å².